The van der Waals surface area contributed by atoms with Crippen LogP contribution in [0.5, 0.6) is 0 Å². The van der Waals surface area contributed by atoms with E-state index in [2.05, 4.69) is 19.1 Å². The highest BCUT2D eigenvalue weighted by Crippen LogP contribution is 2.11. The lowest BCUT2D eigenvalue weighted by Gasteiger charge is -2.06. The first-order valence-corrected chi connectivity index (χ1v) is 2.93. The number of nitrogens with two attached hydrogens (primary N) is 1. The lowest BCUT2D eigenvalue weighted by Crippen LogP contribution is -2.00. The summed E-state index contributed by atoms with van der Waals surface area (Å²) in [6.07, 6.45) is 7.26. The molecule has 0 radical (unpaired) electrons. The number of rotatable bonds is 0. The minimum absolute atomic E-state index is 0.683. The van der Waals surface area contributed by atoms with Gasteiger partial charge in [0.05, 0.1) is 0 Å². The maximum atomic E-state index is 5.47. The monoisotopic (exact) mass is 109 g/mol. The van der Waals surface area contributed by atoms with Crippen molar-refractivity contribution in [1.82, 2.24) is 0 Å². The van der Waals surface area contributed by atoms with Gasteiger partial charge in [0.1, 0.15) is 0 Å². The first-order valence-electron chi connectivity index (χ1n) is 2.93. The van der Waals surface area contributed by atoms with Crippen LogP contribution in [-0.2, 0) is 0 Å². The van der Waals surface area contributed by atoms with Gasteiger partial charge >= 0.3 is 0 Å². The molecule has 0 unspecified atom stereocenters. The molecule has 1 nitrogen and oxygen atoms in total. The fraction of sp³-hybridized carbons (Fsp3) is 0.429. The molecule has 0 saturated carbocycles. The lowest BCUT2D eigenvalue weighted by molar-refractivity contribution is 0.730. The van der Waals surface area contributed by atoms with Crippen LogP contribution in [0.25, 0.3) is 0 Å². The summed E-state index contributed by atoms with van der Waals surface area (Å²) in [5.41, 5.74) is 6.38. The van der Waals surface area contributed by atoms with Crippen LogP contribution in [0.2, 0.25) is 0 Å². The quantitative estimate of drug-likeness (QED) is 0.500. The number of hydrogen-bond acceptors (Lipinski definition) is 1. The van der Waals surface area contributed by atoms with Gasteiger partial charge in [-0.1, -0.05) is 19.1 Å². The van der Waals surface area contributed by atoms with Crippen molar-refractivity contribution >= 4 is 0 Å². The van der Waals surface area contributed by atoms with Crippen LogP contribution in [-0.4, -0.2) is 0 Å². The second-order valence-corrected chi connectivity index (χ2v) is 2.28. The molecule has 1 rings (SSSR count). The summed E-state index contributed by atoms with van der Waals surface area (Å²) in [5, 5.41) is 0. The highest BCUT2D eigenvalue weighted by Gasteiger charge is 1.98. The van der Waals surface area contributed by atoms with Crippen LogP contribution in [0.3, 0.4) is 0 Å². The third-order valence-corrected chi connectivity index (χ3v) is 1.34. The van der Waals surface area contributed by atoms with E-state index >= 15 is 0 Å². The van der Waals surface area contributed by atoms with Gasteiger partial charge in [-0.25, -0.2) is 0 Å². The average molecular weight is 109 g/mol. The van der Waals surface area contributed by atoms with Gasteiger partial charge in [0.15, 0.2) is 0 Å². The smallest absolute Gasteiger partial charge is 0.0270 e. The van der Waals surface area contributed by atoms with Gasteiger partial charge in [-0.2, -0.15) is 0 Å². The fourth-order valence-corrected chi connectivity index (χ4v) is 0.744. The van der Waals surface area contributed by atoms with Crippen molar-refractivity contribution in [3.63, 3.8) is 0 Å². The standard InChI is InChI=1S/C7H11N/c1-6-2-4-7(8)5-3-6/h2,4-6H,3,8H2,1H3/t6-/m0/s1. The Morgan fingerprint density at radius 2 is 2.50 bits per heavy atom. The van der Waals surface area contributed by atoms with Crippen molar-refractivity contribution in [2.75, 3.05) is 0 Å². The summed E-state index contributed by atoms with van der Waals surface area (Å²) in [6, 6.07) is 0. The van der Waals surface area contributed by atoms with Gasteiger partial charge in [0.2, 0.25) is 0 Å². The molecule has 0 aromatic carbocycles. The molecule has 0 aliphatic heterocycles. The molecule has 0 fully saturated rings. The van der Waals surface area contributed by atoms with E-state index in [9.17, 15) is 0 Å². The summed E-state index contributed by atoms with van der Waals surface area (Å²) in [5.74, 6) is 0.683. The Hall–Kier alpha value is -0.720. The first-order chi connectivity index (χ1) is 3.79. The van der Waals surface area contributed by atoms with Crippen molar-refractivity contribution in [2.24, 2.45) is 11.7 Å². The Balaban J connectivity index is 2.58. The second-order valence-electron chi connectivity index (χ2n) is 2.28. The fourth-order valence-electron chi connectivity index (χ4n) is 0.744. The number of hydrogen-bond donors (Lipinski definition) is 1. The van der Waals surface area contributed by atoms with E-state index in [-0.39, 0.29) is 0 Å². The molecule has 0 aromatic rings. The van der Waals surface area contributed by atoms with Gasteiger partial charge in [-0.15, -0.1) is 0 Å². The van der Waals surface area contributed by atoms with E-state index in [1.54, 1.807) is 0 Å². The number of allylic oxidation sites excluding steroid dienone is 3. The Kier molecular flexibility index (Phi) is 1.38. The molecule has 44 valence electrons. The second kappa shape index (κ2) is 2.03. The zero-order chi connectivity index (χ0) is 5.98. The van der Waals surface area contributed by atoms with Crippen LogP contribution < -0.4 is 5.73 Å². The highest BCUT2D eigenvalue weighted by molar-refractivity contribution is 5.19. The van der Waals surface area contributed by atoms with E-state index < -0.39 is 0 Å². The zero-order valence-corrected chi connectivity index (χ0v) is 5.09. The van der Waals surface area contributed by atoms with Crippen molar-refractivity contribution < 1.29 is 0 Å². The zero-order valence-electron chi connectivity index (χ0n) is 5.09. The molecule has 8 heavy (non-hydrogen) atoms. The molecule has 0 aromatic heterocycles. The van der Waals surface area contributed by atoms with Crippen LogP contribution in [0.15, 0.2) is 23.9 Å². The summed E-state index contributed by atoms with van der Waals surface area (Å²) < 4.78 is 0. The molecule has 2 N–H and O–H groups in total. The van der Waals surface area contributed by atoms with Crippen molar-refractivity contribution in [2.45, 2.75) is 13.3 Å². The SMILES string of the molecule is C[C@H]1C=CC(N)=CC1. The summed E-state index contributed by atoms with van der Waals surface area (Å²) in [4.78, 5) is 0. The van der Waals surface area contributed by atoms with E-state index in [0.717, 1.165) is 12.1 Å². The van der Waals surface area contributed by atoms with E-state index in [0.29, 0.717) is 5.92 Å². The van der Waals surface area contributed by atoms with Crippen molar-refractivity contribution in [3.8, 4) is 0 Å². The normalized spacial score (nSPS) is 27.6. The van der Waals surface area contributed by atoms with Gasteiger partial charge in [-0.05, 0) is 18.4 Å². The molecule has 1 heteroatoms. The van der Waals surface area contributed by atoms with Crippen molar-refractivity contribution in [1.29, 1.82) is 0 Å². The van der Waals surface area contributed by atoms with Crippen LogP contribution in [0, 0.1) is 5.92 Å². The molecule has 1 atom stereocenters. The predicted octanol–water partition coefficient (Wildman–Crippen LogP) is 1.43. The van der Waals surface area contributed by atoms with Crippen LogP contribution in [0.4, 0.5) is 0 Å². The van der Waals surface area contributed by atoms with Gasteiger partial charge in [0.25, 0.3) is 0 Å². The molecule has 0 bridgehead atoms. The molecule has 0 heterocycles. The Bertz CT molecular complexity index is 133. The van der Waals surface area contributed by atoms with Crippen LogP contribution in [0.1, 0.15) is 13.3 Å². The molecular formula is C7H11N. The van der Waals surface area contributed by atoms with E-state index in [1.165, 1.54) is 0 Å². The summed E-state index contributed by atoms with van der Waals surface area (Å²) in [6.45, 7) is 2.18. The third kappa shape index (κ3) is 1.12. The maximum absolute atomic E-state index is 5.47. The first kappa shape index (κ1) is 5.42. The van der Waals surface area contributed by atoms with E-state index in [1.807, 2.05) is 6.08 Å². The minimum Gasteiger partial charge on any atom is -0.399 e. The molecule has 1 aliphatic rings. The Morgan fingerprint density at radius 1 is 1.75 bits per heavy atom. The maximum Gasteiger partial charge on any atom is 0.0270 e. The highest BCUT2D eigenvalue weighted by atomic mass is 14.6. The lowest BCUT2D eigenvalue weighted by atomic mass is 10.0. The third-order valence-electron chi connectivity index (χ3n) is 1.34. The van der Waals surface area contributed by atoms with Gasteiger partial charge in [0, 0.05) is 5.70 Å². The molecule has 1 aliphatic carbocycles. The predicted molar refractivity (Wildman–Crippen MR) is 35.2 cm³/mol. The summed E-state index contributed by atoms with van der Waals surface area (Å²) >= 11 is 0. The molecule has 0 spiro atoms. The van der Waals surface area contributed by atoms with E-state index in [4.69, 9.17) is 5.73 Å². The topological polar surface area (TPSA) is 26.0 Å². The van der Waals surface area contributed by atoms with Crippen LogP contribution >= 0.6 is 0 Å². The van der Waals surface area contributed by atoms with Crippen molar-refractivity contribution in [3.05, 3.63) is 23.9 Å². The Labute approximate surface area is 49.9 Å². The molecule has 0 amide bonds. The van der Waals surface area contributed by atoms with Gasteiger partial charge in [-0.3, -0.25) is 0 Å². The minimum atomic E-state index is 0.683. The largest absolute Gasteiger partial charge is 0.399 e. The average Bonchev–Trinajstić information content (AvgIpc) is 1.77. The molecular weight excluding hydrogens is 98.1 g/mol. The summed E-state index contributed by atoms with van der Waals surface area (Å²) in [7, 11) is 0. The Morgan fingerprint density at radius 3 is 2.88 bits per heavy atom. The molecule has 0 saturated heterocycles. The van der Waals surface area contributed by atoms with Gasteiger partial charge < -0.3 is 5.73 Å².